The minimum absolute atomic E-state index is 0.0289. The van der Waals surface area contributed by atoms with Crippen molar-refractivity contribution in [3.63, 3.8) is 0 Å². The summed E-state index contributed by atoms with van der Waals surface area (Å²) in [5, 5.41) is 17.9. The van der Waals surface area contributed by atoms with E-state index in [-0.39, 0.29) is 5.69 Å². The van der Waals surface area contributed by atoms with Gasteiger partial charge in [0.1, 0.15) is 0 Å². The van der Waals surface area contributed by atoms with Gasteiger partial charge >= 0.3 is 0 Å². The van der Waals surface area contributed by atoms with Crippen molar-refractivity contribution in [2.75, 3.05) is 0 Å². The quantitative estimate of drug-likeness (QED) is 0.586. The summed E-state index contributed by atoms with van der Waals surface area (Å²) in [6.07, 6.45) is 3.13. The molecule has 2 N–H and O–H groups in total. The minimum atomic E-state index is -0.977. The zero-order valence-corrected chi connectivity index (χ0v) is 7.70. The van der Waals surface area contributed by atoms with Crippen molar-refractivity contribution in [2.45, 2.75) is 5.66 Å². The average molecular weight is 204 g/mol. The molecule has 1 atom stereocenters. The summed E-state index contributed by atoms with van der Waals surface area (Å²) in [5.41, 5.74) is 5.61. The summed E-state index contributed by atoms with van der Waals surface area (Å²) in [7, 11) is 0. The number of hydrogen-bond donors (Lipinski definition) is 1. The van der Waals surface area contributed by atoms with Crippen molar-refractivity contribution in [2.24, 2.45) is 16.0 Å². The molecule has 6 heteroatoms. The van der Waals surface area contributed by atoms with E-state index in [4.69, 9.17) is 5.73 Å². The van der Waals surface area contributed by atoms with Gasteiger partial charge in [0, 0.05) is 23.9 Å². The number of nitro benzene ring substituents is 1. The Hall–Kier alpha value is -2.08. The maximum Gasteiger partial charge on any atom is 0.269 e. The highest BCUT2D eigenvalue weighted by atomic mass is 16.6. The Bertz CT molecular complexity index is 438. The highest BCUT2D eigenvalue weighted by Gasteiger charge is 2.26. The van der Waals surface area contributed by atoms with Crippen LogP contribution in [-0.4, -0.2) is 4.92 Å². The molecule has 15 heavy (non-hydrogen) atoms. The Morgan fingerprint density at radius 2 is 2.00 bits per heavy atom. The second kappa shape index (κ2) is 3.25. The molecule has 2 rings (SSSR count). The molecule has 76 valence electrons. The molecule has 1 aromatic carbocycles. The predicted molar refractivity (Wildman–Crippen MR) is 53.0 cm³/mol. The number of benzene rings is 1. The standard InChI is InChI=1S/C9H8N4O2/c10-9(5-6-11-12-9)7-1-3-8(4-2-7)13(14)15/h1-6H,10H2. The molecule has 0 saturated heterocycles. The zero-order chi connectivity index (χ0) is 10.9. The topological polar surface area (TPSA) is 93.9 Å². The van der Waals surface area contributed by atoms with Crippen molar-refractivity contribution in [1.29, 1.82) is 0 Å². The van der Waals surface area contributed by atoms with Gasteiger partial charge in [-0.1, -0.05) is 0 Å². The molecule has 1 heterocycles. The Labute approximate surface area is 85.3 Å². The Kier molecular flexibility index (Phi) is 2.05. The van der Waals surface area contributed by atoms with Gasteiger partial charge in [-0.2, -0.15) is 10.2 Å². The number of azo groups is 1. The molecular formula is C9H8N4O2. The van der Waals surface area contributed by atoms with Crippen molar-refractivity contribution in [3.8, 4) is 0 Å². The first-order chi connectivity index (χ1) is 7.12. The smallest absolute Gasteiger partial charge is 0.269 e. The number of rotatable bonds is 2. The highest BCUT2D eigenvalue weighted by molar-refractivity contribution is 5.38. The van der Waals surface area contributed by atoms with Crippen LogP contribution in [-0.2, 0) is 5.66 Å². The molecule has 1 aliphatic heterocycles. The summed E-state index contributed by atoms with van der Waals surface area (Å²) >= 11 is 0. The second-order valence-corrected chi connectivity index (χ2v) is 3.16. The normalized spacial score (nSPS) is 23.3. The van der Waals surface area contributed by atoms with E-state index in [1.54, 1.807) is 18.2 Å². The van der Waals surface area contributed by atoms with E-state index >= 15 is 0 Å². The fraction of sp³-hybridized carbons (Fsp3) is 0.111. The Morgan fingerprint density at radius 3 is 2.47 bits per heavy atom. The number of nitro groups is 1. The molecule has 0 saturated carbocycles. The van der Waals surface area contributed by atoms with E-state index in [2.05, 4.69) is 10.2 Å². The Morgan fingerprint density at radius 1 is 1.33 bits per heavy atom. The van der Waals surface area contributed by atoms with E-state index in [9.17, 15) is 10.1 Å². The molecule has 0 radical (unpaired) electrons. The summed E-state index contributed by atoms with van der Waals surface area (Å²) in [6.45, 7) is 0. The second-order valence-electron chi connectivity index (χ2n) is 3.16. The van der Waals surface area contributed by atoms with Gasteiger partial charge in [-0.25, -0.2) is 0 Å². The van der Waals surface area contributed by atoms with Crippen LogP contribution in [0.5, 0.6) is 0 Å². The van der Waals surface area contributed by atoms with Gasteiger partial charge in [0.05, 0.1) is 4.92 Å². The number of hydrogen-bond acceptors (Lipinski definition) is 5. The average Bonchev–Trinajstić information content (AvgIpc) is 2.67. The first-order valence-corrected chi connectivity index (χ1v) is 4.25. The number of nitrogens with two attached hydrogens (primary N) is 1. The third-order valence-corrected chi connectivity index (χ3v) is 2.16. The van der Waals surface area contributed by atoms with Crippen LogP contribution in [0, 0.1) is 10.1 Å². The number of non-ortho nitro benzene ring substituents is 1. The SMILES string of the molecule is NC1(c2ccc([N+](=O)[O-])cc2)C=CN=N1. The van der Waals surface area contributed by atoms with Crippen LogP contribution >= 0.6 is 0 Å². The molecule has 0 aromatic heterocycles. The maximum atomic E-state index is 10.4. The third-order valence-electron chi connectivity index (χ3n) is 2.16. The summed E-state index contributed by atoms with van der Waals surface area (Å²) in [5.74, 6) is 0. The van der Waals surface area contributed by atoms with Gasteiger partial charge in [0.2, 0.25) is 0 Å². The first-order valence-electron chi connectivity index (χ1n) is 4.25. The van der Waals surface area contributed by atoms with Gasteiger partial charge in [-0.15, -0.1) is 0 Å². The fourth-order valence-corrected chi connectivity index (χ4v) is 1.31. The molecule has 6 nitrogen and oxygen atoms in total. The fourth-order valence-electron chi connectivity index (χ4n) is 1.31. The monoisotopic (exact) mass is 204 g/mol. The molecular weight excluding hydrogens is 196 g/mol. The van der Waals surface area contributed by atoms with Gasteiger partial charge in [0.15, 0.2) is 5.66 Å². The Balaban J connectivity index is 2.35. The molecule has 1 aliphatic rings. The van der Waals surface area contributed by atoms with E-state index in [1.807, 2.05) is 0 Å². The largest absolute Gasteiger partial charge is 0.298 e. The van der Waals surface area contributed by atoms with Crippen LogP contribution in [0.25, 0.3) is 0 Å². The lowest BCUT2D eigenvalue weighted by atomic mass is 10.0. The summed E-state index contributed by atoms with van der Waals surface area (Å²) in [6, 6.07) is 5.94. The van der Waals surface area contributed by atoms with Crippen LogP contribution in [0.1, 0.15) is 5.56 Å². The lowest BCUT2D eigenvalue weighted by Gasteiger charge is -2.16. The van der Waals surface area contributed by atoms with Crippen LogP contribution in [0.4, 0.5) is 5.69 Å². The van der Waals surface area contributed by atoms with Gasteiger partial charge in [-0.3, -0.25) is 15.8 Å². The van der Waals surface area contributed by atoms with Crippen LogP contribution in [0.15, 0.2) is 46.8 Å². The molecule has 0 fully saturated rings. The van der Waals surface area contributed by atoms with Gasteiger partial charge < -0.3 is 0 Å². The molecule has 0 spiro atoms. The molecule has 0 amide bonds. The maximum absolute atomic E-state index is 10.4. The van der Waals surface area contributed by atoms with Crippen molar-refractivity contribution in [3.05, 3.63) is 52.2 Å². The van der Waals surface area contributed by atoms with Crippen molar-refractivity contribution < 1.29 is 4.92 Å². The predicted octanol–water partition coefficient (Wildman–Crippen LogP) is 1.69. The summed E-state index contributed by atoms with van der Waals surface area (Å²) in [4.78, 5) is 9.97. The highest BCUT2D eigenvalue weighted by Crippen LogP contribution is 2.27. The molecule has 0 aliphatic carbocycles. The van der Waals surface area contributed by atoms with E-state index in [0.717, 1.165) is 0 Å². The zero-order valence-electron chi connectivity index (χ0n) is 7.70. The van der Waals surface area contributed by atoms with E-state index < -0.39 is 10.6 Å². The first kappa shape index (κ1) is 9.47. The molecule has 1 unspecified atom stereocenters. The van der Waals surface area contributed by atoms with Crippen LogP contribution in [0.2, 0.25) is 0 Å². The van der Waals surface area contributed by atoms with Crippen LogP contribution in [0.3, 0.4) is 0 Å². The van der Waals surface area contributed by atoms with E-state index in [0.29, 0.717) is 5.56 Å². The van der Waals surface area contributed by atoms with Gasteiger partial charge in [0.25, 0.3) is 5.69 Å². The third kappa shape index (κ3) is 1.62. The van der Waals surface area contributed by atoms with Gasteiger partial charge in [-0.05, 0) is 18.2 Å². The minimum Gasteiger partial charge on any atom is -0.298 e. The summed E-state index contributed by atoms with van der Waals surface area (Å²) < 4.78 is 0. The van der Waals surface area contributed by atoms with Crippen LogP contribution < -0.4 is 5.73 Å². The van der Waals surface area contributed by atoms with E-state index in [1.165, 1.54) is 18.3 Å². The molecule has 0 bridgehead atoms. The lowest BCUT2D eigenvalue weighted by Crippen LogP contribution is -2.30. The van der Waals surface area contributed by atoms with Crippen molar-refractivity contribution >= 4 is 5.69 Å². The number of nitrogens with zero attached hydrogens (tertiary/aromatic N) is 3. The molecule has 1 aromatic rings. The van der Waals surface area contributed by atoms with Crippen molar-refractivity contribution in [1.82, 2.24) is 0 Å². The lowest BCUT2D eigenvalue weighted by molar-refractivity contribution is -0.384.